The Labute approximate surface area is 175 Å². The molecule has 1 aromatic rings. The van der Waals surface area contributed by atoms with Gasteiger partial charge in [0, 0.05) is 46.6 Å². The first-order valence-corrected chi connectivity index (χ1v) is 11.0. The Morgan fingerprint density at radius 3 is 2.45 bits per heavy atom. The number of nitrogens with zero attached hydrogens (tertiary/aromatic N) is 3. The van der Waals surface area contributed by atoms with E-state index < -0.39 is 0 Å². The number of guanidine groups is 1. The average Bonchev–Trinajstić information content (AvgIpc) is 3.22. The summed E-state index contributed by atoms with van der Waals surface area (Å²) in [6.07, 6.45) is 6.32. The fourth-order valence-electron chi connectivity index (χ4n) is 4.49. The highest BCUT2D eigenvalue weighted by Crippen LogP contribution is 2.39. The lowest BCUT2D eigenvalue weighted by molar-refractivity contribution is -0.138. The Hall–Kier alpha value is -2.24. The molecule has 1 heterocycles. The van der Waals surface area contributed by atoms with E-state index in [0.717, 1.165) is 69.9 Å². The molecule has 0 atom stereocenters. The van der Waals surface area contributed by atoms with Crippen LogP contribution in [0.4, 0.5) is 0 Å². The zero-order valence-electron chi connectivity index (χ0n) is 18.2. The van der Waals surface area contributed by atoms with Crippen LogP contribution in [0.25, 0.3) is 0 Å². The molecule has 6 heteroatoms. The van der Waals surface area contributed by atoms with Crippen LogP contribution in [-0.2, 0) is 4.79 Å². The van der Waals surface area contributed by atoms with Crippen molar-refractivity contribution in [2.45, 2.75) is 51.6 Å². The van der Waals surface area contributed by atoms with Crippen molar-refractivity contribution < 1.29 is 9.53 Å². The molecule has 0 spiro atoms. The molecular weight excluding hydrogens is 364 g/mol. The zero-order chi connectivity index (χ0) is 20.7. The van der Waals surface area contributed by atoms with Gasteiger partial charge in [-0.05, 0) is 31.9 Å². The van der Waals surface area contributed by atoms with Gasteiger partial charge in [-0.25, -0.2) is 0 Å². The van der Waals surface area contributed by atoms with E-state index in [9.17, 15) is 4.79 Å². The van der Waals surface area contributed by atoms with E-state index >= 15 is 0 Å². The standard InChI is InChI=1S/C23H36N4O2/c1-4-24-22(25-18-23(14-8-9-15-23)21(28)26(2)3)27-16-12-20(13-17-27)29-19-10-6-5-7-11-19/h5-7,10-11,20H,4,8-9,12-18H2,1-3H3,(H,24,25). The number of ether oxygens (including phenoxy) is 1. The highest BCUT2D eigenvalue weighted by atomic mass is 16.5. The summed E-state index contributed by atoms with van der Waals surface area (Å²) >= 11 is 0. The summed E-state index contributed by atoms with van der Waals surface area (Å²) in [7, 11) is 3.71. The number of aliphatic imine (C=N–C) groups is 1. The number of carbonyl (C=O) groups excluding carboxylic acids is 1. The van der Waals surface area contributed by atoms with Crippen molar-refractivity contribution in [2.24, 2.45) is 10.4 Å². The summed E-state index contributed by atoms with van der Waals surface area (Å²) in [5, 5.41) is 3.44. The number of carbonyl (C=O) groups is 1. The van der Waals surface area contributed by atoms with Gasteiger partial charge in [0.1, 0.15) is 11.9 Å². The van der Waals surface area contributed by atoms with Gasteiger partial charge >= 0.3 is 0 Å². The first-order valence-electron chi connectivity index (χ1n) is 11.0. The lowest BCUT2D eigenvalue weighted by Crippen LogP contribution is -2.48. The predicted octanol–water partition coefficient (Wildman–Crippen LogP) is 3.14. The summed E-state index contributed by atoms with van der Waals surface area (Å²) in [5.74, 6) is 2.10. The maximum atomic E-state index is 12.8. The van der Waals surface area contributed by atoms with Gasteiger partial charge in [0.25, 0.3) is 0 Å². The van der Waals surface area contributed by atoms with Crippen molar-refractivity contribution in [2.75, 3.05) is 40.3 Å². The Balaban J connectivity index is 1.61. The van der Waals surface area contributed by atoms with E-state index in [4.69, 9.17) is 9.73 Å². The van der Waals surface area contributed by atoms with Gasteiger partial charge in [0.05, 0.1) is 12.0 Å². The molecule has 0 bridgehead atoms. The second kappa shape index (κ2) is 9.99. The maximum absolute atomic E-state index is 12.8. The number of rotatable bonds is 6. The van der Waals surface area contributed by atoms with Crippen LogP contribution in [-0.4, -0.2) is 68.0 Å². The van der Waals surface area contributed by atoms with Crippen LogP contribution in [0, 0.1) is 5.41 Å². The van der Waals surface area contributed by atoms with Crippen LogP contribution in [0.3, 0.4) is 0 Å². The number of nitrogens with one attached hydrogen (secondary N) is 1. The first kappa shape index (κ1) is 21.5. The predicted molar refractivity (Wildman–Crippen MR) is 117 cm³/mol. The van der Waals surface area contributed by atoms with Gasteiger partial charge in [0.2, 0.25) is 5.91 Å². The van der Waals surface area contributed by atoms with Crippen molar-refractivity contribution in [1.29, 1.82) is 0 Å². The lowest BCUT2D eigenvalue weighted by Gasteiger charge is -2.35. The molecule has 0 radical (unpaired) electrons. The van der Waals surface area contributed by atoms with Crippen LogP contribution < -0.4 is 10.1 Å². The summed E-state index contributed by atoms with van der Waals surface area (Å²) in [4.78, 5) is 21.8. The number of likely N-dealkylation sites (tertiary alicyclic amines) is 1. The highest BCUT2D eigenvalue weighted by Gasteiger charge is 2.42. The maximum Gasteiger partial charge on any atom is 0.230 e. The van der Waals surface area contributed by atoms with E-state index in [1.165, 1.54) is 0 Å². The average molecular weight is 401 g/mol. The number of hydrogen-bond donors (Lipinski definition) is 1. The number of piperidine rings is 1. The first-order chi connectivity index (χ1) is 14.0. The quantitative estimate of drug-likeness (QED) is 0.589. The molecule has 3 rings (SSSR count). The molecule has 0 unspecified atom stereocenters. The number of para-hydroxylation sites is 1. The van der Waals surface area contributed by atoms with Gasteiger partial charge in [-0.3, -0.25) is 9.79 Å². The highest BCUT2D eigenvalue weighted by molar-refractivity contribution is 5.84. The van der Waals surface area contributed by atoms with E-state index in [2.05, 4.69) is 17.1 Å². The fraction of sp³-hybridized carbons (Fsp3) is 0.652. The largest absolute Gasteiger partial charge is 0.490 e. The van der Waals surface area contributed by atoms with Crippen LogP contribution in [0.1, 0.15) is 45.4 Å². The van der Waals surface area contributed by atoms with Gasteiger partial charge in [-0.15, -0.1) is 0 Å². The van der Waals surface area contributed by atoms with Crippen LogP contribution in [0.2, 0.25) is 0 Å². The summed E-state index contributed by atoms with van der Waals surface area (Å²) in [5.41, 5.74) is -0.321. The molecule has 2 fully saturated rings. The number of benzene rings is 1. The summed E-state index contributed by atoms with van der Waals surface area (Å²) < 4.78 is 6.12. The van der Waals surface area contributed by atoms with Crippen molar-refractivity contribution in [1.82, 2.24) is 15.1 Å². The normalized spacial score (nSPS) is 19.8. The summed E-state index contributed by atoms with van der Waals surface area (Å²) in [6, 6.07) is 10.1. The van der Waals surface area contributed by atoms with Crippen molar-refractivity contribution in [3.63, 3.8) is 0 Å². The van der Waals surface area contributed by atoms with Gasteiger partial charge in [0.15, 0.2) is 5.96 Å². The van der Waals surface area contributed by atoms with Crippen LogP contribution in [0.5, 0.6) is 5.75 Å². The zero-order valence-corrected chi connectivity index (χ0v) is 18.2. The molecular formula is C23H36N4O2. The minimum Gasteiger partial charge on any atom is -0.490 e. The minimum atomic E-state index is -0.321. The topological polar surface area (TPSA) is 57.2 Å². The molecule has 1 N–H and O–H groups in total. The van der Waals surface area contributed by atoms with E-state index in [1.54, 1.807) is 4.90 Å². The second-order valence-corrected chi connectivity index (χ2v) is 8.47. The van der Waals surface area contributed by atoms with Crippen molar-refractivity contribution >= 4 is 11.9 Å². The van der Waals surface area contributed by atoms with Crippen molar-refractivity contribution in [3.05, 3.63) is 30.3 Å². The Morgan fingerprint density at radius 1 is 1.21 bits per heavy atom. The van der Waals surface area contributed by atoms with Crippen LogP contribution in [0.15, 0.2) is 35.3 Å². The number of hydrogen-bond acceptors (Lipinski definition) is 3. The Morgan fingerprint density at radius 2 is 1.86 bits per heavy atom. The lowest BCUT2D eigenvalue weighted by atomic mass is 9.85. The van der Waals surface area contributed by atoms with Gasteiger partial charge < -0.3 is 19.9 Å². The third kappa shape index (κ3) is 5.43. The third-order valence-electron chi connectivity index (χ3n) is 6.07. The molecule has 1 amide bonds. The SMILES string of the molecule is CCNC(=NCC1(C(=O)N(C)C)CCCC1)N1CCC(Oc2ccccc2)CC1. The van der Waals surface area contributed by atoms with E-state index in [1.807, 2.05) is 44.4 Å². The van der Waals surface area contributed by atoms with Gasteiger partial charge in [-0.1, -0.05) is 31.0 Å². The van der Waals surface area contributed by atoms with Gasteiger partial charge in [-0.2, -0.15) is 0 Å². The summed E-state index contributed by atoms with van der Waals surface area (Å²) in [6.45, 7) is 5.33. The van der Waals surface area contributed by atoms with E-state index in [0.29, 0.717) is 6.54 Å². The number of amides is 1. The molecule has 1 saturated heterocycles. The van der Waals surface area contributed by atoms with E-state index in [-0.39, 0.29) is 17.4 Å². The Bertz CT molecular complexity index is 675. The molecule has 1 aliphatic carbocycles. The molecule has 160 valence electrons. The molecule has 2 aliphatic rings. The fourth-order valence-corrected chi connectivity index (χ4v) is 4.49. The molecule has 6 nitrogen and oxygen atoms in total. The third-order valence-corrected chi connectivity index (χ3v) is 6.07. The molecule has 1 saturated carbocycles. The molecule has 0 aromatic heterocycles. The minimum absolute atomic E-state index is 0.226. The van der Waals surface area contributed by atoms with Crippen molar-refractivity contribution in [3.8, 4) is 5.75 Å². The monoisotopic (exact) mass is 400 g/mol. The Kier molecular flexibility index (Phi) is 7.40. The smallest absolute Gasteiger partial charge is 0.230 e. The van der Waals surface area contributed by atoms with Crippen LogP contribution >= 0.6 is 0 Å². The molecule has 1 aromatic carbocycles. The second-order valence-electron chi connectivity index (χ2n) is 8.47. The molecule has 29 heavy (non-hydrogen) atoms. The molecule has 1 aliphatic heterocycles.